The van der Waals surface area contributed by atoms with Gasteiger partial charge in [-0.2, -0.15) is 0 Å². The van der Waals surface area contributed by atoms with Gasteiger partial charge in [0.15, 0.2) is 0 Å². The summed E-state index contributed by atoms with van der Waals surface area (Å²) in [5, 5.41) is 1.51. The minimum absolute atomic E-state index is 0.0178. The maximum Gasteiger partial charge on any atom is 0.0775 e. The molecule has 0 atom stereocenters. The Hall–Kier alpha value is -1.54. The minimum atomic E-state index is -1.26. The quantitative estimate of drug-likeness (QED) is 0.572. The van der Waals surface area contributed by atoms with E-state index >= 15 is 0 Å². The molecule has 0 amide bonds. The van der Waals surface area contributed by atoms with Gasteiger partial charge in [-0.15, -0.1) is 0 Å². The van der Waals surface area contributed by atoms with E-state index < -0.39 is 8.07 Å². The number of benzene rings is 2. The molecule has 0 fully saturated rings. The fourth-order valence-electron chi connectivity index (χ4n) is 3.14. The standard InChI is InChI=1S/C23H35NSi/c1-22(2,3)18-10-12-19(13-11-18)24(23(4,5)6)20-14-16-21(17-15-20)25(7,8)9/h10-17H,1-9H3. The second-order valence-corrected chi connectivity index (χ2v) is 15.2. The summed E-state index contributed by atoms with van der Waals surface area (Å²) in [7, 11) is -1.26. The third-order valence-corrected chi connectivity index (χ3v) is 6.72. The summed E-state index contributed by atoms with van der Waals surface area (Å²) in [6, 6.07) is 18.3. The lowest BCUT2D eigenvalue weighted by Crippen LogP contribution is -2.39. The van der Waals surface area contributed by atoms with Gasteiger partial charge in [-0.25, -0.2) is 0 Å². The van der Waals surface area contributed by atoms with Gasteiger partial charge in [0, 0.05) is 16.9 Å². The van der Waals surface area contributed by atoms with Gasteiger partial charge in [-0.05, 0) is 56.0 Å². The lowest BCUT2D eigenvalue weighted by atomic mass is 9.87. The average molecular weight is 354 g/mol. The molecule has 2 aromatic carbocycles. The van der Waals surface area contributed by atoms with Crippen LogP contribution in [-0.4, -0.2) is 13.6 Å². The van der Waals surface area contributed by atoms with Gasteiger partial charge in [0.1, 0.15) is 0 Å². The monoisotopic (exact) mass is 353 g/mol. The lowest BCUT2D eigenvalue weighted by molar-refractivity contribution is 0.559. The molecule has 2 aromatic rings. The third-order valence-electron chi connectivity index (χ3n) is 4.65. The predicted octanol–water partition coefficient (Wildman–Crippen LogP) is 6.47. The molecular weight excluding hydrogens is 318 g/mol. The van der Waals surface area contributed by atoms with Crippen molar-refractivity contribution in [1.82, 2.24) is 0 Å². The van der Waals surface area contributed by atoms with Crippen LogP contribution in [0.5, 0.6) is 0 Å². The number of rotatable bonds is 3. The van der Waals surface area contributed by atoms with Gasteiger partial charge in [0.05, 0.1) is 8.07 Å². The van der Waals surface area contributed by atoms with Gasteiger partial charge in [-0.3, -0.25) is 0 Å². The van der Waals surface area contributed by atoms with E-state index in [2.05, 4.69) is 115 Å². The molecule has 1 nitrogen and oxygen atoms in total. The first-order valence-corrected chi connectivity index (χ1v) is 12.8. The van der Waals surface area contributed by atoms with Crippen molar-refractivity contribution in [2.24, 2.45) is 0 Å². The number of nitrogens with zero attached hydrogens (tertiary/aromatic N) is 1. The van der Waals surface area contributed by atoms with E-state index in [4.69, 9.17) is 0 Å². The summed E-state index contributed by atoms with van der Waals surface area (Å²) >= 11 is 0. The maximum absolute atomic E-state index is 2.44. The van der Waals surface area contributed by atoms with E-state index in [9.17, 15) is 0 Å². The van der Waals surface area contributed by atoms with Gasteiger partial charge in [-0.1, -0.05) is 69.9 Å². The molecular formula is C23H35NSi. The van der Waals surface area contributed by atoms with E-state index in [0.29, 0.717) is 0 Å². The topological polar surface area (TPSA) is 3.24 Å². The molecule has 0 spiro atoms. The second-order valence-electron chi connectivity index (χ2n) is 10.1. The van der Waals surface area contributed by atoms with Crippen LogP contribution in [0.25, 0.3) is 0 Å². The molecule has 0 unspecified atom stereocenters. The molecule has 0 aliphatic heterocycles. The van der Waals surface area contributed by atoms with Crippen LogP contribution in [0.3, 0.4) is 0 Å². The highest BCUT2D eigenvalue weighted by Crippen LogP contribution is 2.34. The van der Waals surface area contributed by atoms with E-state index in [1.807, 2.05) is 0 Å². The summed E-state index contributed by atoms with van der Waals surface area (Å²) in [6.45, 7) is 20.8. The molecule has 2 heteroatoms. The van der Waals surface area contributed by atoms with E-state index in [1.165, 1.54) is 22.1 Å². The van der Waals surface area contributed by atoms with Crippen LogP contribution in [-0.2, 0) is 5.41 Å². The Balaban J connectivity index is 2.44. The summed E-state index contributed by atoms with van der Waals surface area (Å²) < 4.78 is 0. The highest BCUT2D eigenvalue weighted by atomic mass is 28.3. The van der Waals surface area contributed by atoms with Crippen molar-refractivity contribution in [2.45, 2.75) is 72.1 Å². The molecule has 0 radical (unpaired) electrons. The molecule has 0 N–H and O–H groups in total. The van der Waals surface area contributed by atoms with Crippen molar-refractivity contribution in [3.05, 3.63) is 54.1 Å². The Morgan fingerprint density at radius 3 is 1.36 bits per heavy atom. The van der Waals surface area contributed by atoms with Crippen LogP contribution in [0, 0.1) is 0 Å². The summed E-state index contributed by atoms with van der Waals surface area (Å²) in [4.78, 5) is 2.44. The fraction of sp³-hybridized carbons (Fsp3) is 0.478. The molecule has 25 heavy (non-hydrogen) atoms. The number of anilines is 2. The van der Waals surface area contributed by atoms with Crippen molar-refractivity contribution in [3.63, 3.8) is 0 Å². The Bertz CT molecular complexity index is 635. The van der Waals surface area contributed by atoms with Gasteiger partial charge in [0.25, 0.3) is 0 Å². The molecule has 0 aliphatic carbocycles. The largest absolute Gasteiger partial charge is 0.336 e. The predicted molar refractivity (Wildman–Crippen MR) is 116 cm³/mol. The van der Waals surface area contributed by atoms with Gasteiger partial charge >= 0.3 is 0 Å². The number of hydrogen-bond acceptors (Lipinski definition) is 1. The smallest absolute Gasteiger partial charge is 0.0775 e. The summed E-state index contributed by atoms with van der Waals surface area (Å²) in [5.41, 5.74) is 4.09. The lowest BCUT2D eigenvalue weighted by Gasteiger charge is -2.38. The fourth-order valence-corrected chi connectivity index (χ4v) is 4.31. The molecule has 0 aliphatic rings. The Labute approximate surface area is 156 Å². The van der Waals surface area contributed by atoms with Crippen LogP contribution in [0.1, 0.15) is 47.1 Å². The van der Waals surface area contributed by atoms with E-state index in [-0.39, 0.29) is 11.0 Å². The average Bonchev–Trinajstić information content (AvgIpc) is 2.45. The first-order chi connectivity index (χ1) is 11.3. The summed E-state index contributed by atoms with van der Waals surface area (Å²) in [5.74, 6) is 0. The van der Waals surface area contributed by atoms with Crippen molar-refractivity contribution >= 4 is 24.6 Å². The second kappa shape index (κ2) is 6.64. The Morgan fingerprint density at radius 2 is 1.04 bits per heavy atom. The highest BCUT2D eigenvalue weighted by Gasteiger charge is 2.25. The zero-order valence-corrected chi connectivity index (χ0v) is 18.6. The molecule has 0 saturated carbocycles. The van der Waals surface area contributed by atoms with Crippen LogP contribution in [0.2, 0.25) is 19.6 Å². The van der Waals surface area contributed by atoms with E-state index in [1.54, 1.807) is 0 Å². The molecule has 0 bridgehead atoms. The number of hydrogen-bond donors (Lipinski definition) is 0. The third kappa shape index (κ3) is 4.75. The minimum Gasteiger partial charge on any atom is -0.336 e. The molecule has 136 valence electrons. The molecule has 0 saturated heterocycles. The van der Waals surface area contributed by atoms with Crippen molar-refractivity contribution < 1.29 is 0 Å². The van der Waals surface area contributed by atoms with Crippen molar-refractivity contribution in [2.75, 3.05) is 4.90 Å². The van der Waals surface area contributed by atoms with Crippen molar-refractivity contribution in [1.29, 1.82) is 0 Å². The van der Waals surface area contributed by atoms with Crippen LogP contribution in [0.15, 0.2) is 48.5 Å². The molecule has 0 aromatic heterocycles. The first-order valence-electron chi connectivity index (χ1n) is 9.31. The van der Waals surface area contributed by atoms with Crippen LogP contribution >= 0.6 is 0 Å². The highest BCUT2D eigenvalue weighted by molar-refractivity contribution is 6.88. The van der Waals surface area contributed by atoms with E-state index in [0.717, 1.165) is 0 Å². The van der Waals surface area contributed by atoms with Crippen LogP contribution < -0.4 is 10.1 Å². The Morgan fingerprint density at radius 1 is 0.640 bits per heavy atom. The zero-order valence-electron chi connectivity index (χ0n) is 17.6. The molecule has 2 rings (SSSR count). The van der Waals surface area contributed by atoms with Gasteiger partial charge < -0.3 is 4.90 Å². The normalized spacial score (nSPS) is 13.0. The van der Waals surface area contributed by atoms with Crippen molar-refractivity contribution in [3.8, 4) is 0 Å². The zero-order chi connectivity index (χ0) is 19.0. The maximum atomic E-state index is 2.44. The Kier molecular flexibility index (Phi) is 5.25. The SMILES string of the molecule is CC(C)(C)c1ccc(N(c2ccc([Si](C)(C)C)cc2)C(C)(C)C)cc1. The first kappa shape index (κ1) is 19.8. The molecule has 0 heterocycles. The summed E-state index contributed by atoms with van der Waals surface area (Å²) in [6.07, 6.45) is 0. The van der Waals surface area contributed by atoms with Crippen LogP contribution in [0.4, 0.5) is 11.4 Å². The van der Waals surface area contributed by atoms with Gasteiger partial charge in [0.2, 0.25) is 0 Å².